The summed E-state index contributed by atoms with van der Waals surface area (Å²) in [6.07, 6.45) is 0. The lowest BCUT2D eigenvalue weighted by molar-refractivity contribution is -2.00. The van der Waals surface area contributed by atoms with E-state index in [1.165, 1.54) is 17.0 Å². The van der Waals surface area contributed by atoms with Crippen molar-refractivity contribution in [1.82, 2.24) is 4.68 Å². The molecule has 0 aliphatic carbocycles. The highest BCUT2D eigenvalue weighted by molar-refractivity contribution is 6.30. The van der Waals surface area contributed by atoms with Gasteiger partial charge in [0, 0.05) is 16.7 Å². The van der Waals surface area contributed by atoms with Crippen molar-refractivity contribution >= 4 is 11.6 Å². The largest absolute Gasteiger partial charge is 0.238 e. The van der Waals surface area contributed by atoms with E-state index in [2.05, 4.69) is 36.4 Å². The van der Waals surface area contributed by atoms with Crippen molar-refractivity contribution in [3.05, 3.63) is 41.0 Å². The van der Waals surface area contributed by atoms with Crippen LogP contribution in [0, 0.1) is 17.2 Å². The lowest BCUT2D eigenvalue weighted by Gasteiger charge is -2.17. The Morgan fingerprint density at radius 2 is 1.55 bits per heavy atom. The van der Waals surface area contributed by atoms with Crippen LogP contribution in [0.3, 0.4) is 0 Å². The first kappa shape index (κ1) is 16.9. The highest BCUT2D eigenvalue weighted by Crippen LogP contribution is 2.19. The third-order valence-corrected chi connectivity index (χ3v) is 3.05. The first-order valence-electron chi connectivity index (χ1n) is 5.50. The first-order valence-corrected chi connectivity index (χ1v) is 7.11. The summed E-state index contributed by atoms with van der Waals surface area (Å²) in [6.45, 7) is 2.10. The van der Waals surface area contributed by atoms with Gasteiger partial charge in [-0.05, 0) is 31.2 Å². The second-order valence-electron chi connectivity index (χ2n) is 4.10. The minimum atomic E-state index is -4.94. The van der Waals surface area contributed by atoms with Gasteiger partial charge in [0.1, 0.15) is 0 Å². The van der Waals surface area contributed by atoms with Gasteiger partial charge >= 0.3 is 0 Å². The maximum absolute atomic E-state index is 8.49. The third kappa shape index (κ3) is 5.09. The minimum absolute atomic E-state index is 0.772. The van der Waals surface area contributed by atoms with E-state index in [1.807, 2.05) is 24.3 Å². The van der Waals surface area contributed by atoms with Crippen molar-refractivity contribution in [3.8, 4) is 11.3 Å². The minimum Gasteiger partial charge on any atom is -0.222 e. The number of aryl methyl sites for hydroxylation is 1. The molecule has 1 aromatic heterocycles. The monoisotopic (exact) mass is 320 g/mol. The third-order valence-electron chi connectivity index (χ3n) is 2.79. The van der Waals surface area contributed by atoms with Crippen molar-refractivity contribution < 1.29 is 33.6 Å². The van der Waals surface area contributed by atoms with E-state index in [4.69, 9.17) is 30.2 Å². The summed E-state index contributed by atoms with van der Waals surface area (Å²) in [6, 6.07) is 10.1. The maximum atomic E-state index is 8.49. The van der Waals surface area contributed by atoms with Crippen LogP contribution in [0.4, 0.5) is 0 Å². The number of rotatable bonds is 1. The standard InChI is InChI=1S/C12H14ClN2.ClHO4/c1-9-8-12(15(3)14(9)2)10-4-6-11(13)7-5-10;2-1(3,4)5/h4-8H,1-3H3;(H,2,3,4,5)/q+1;/p-1. The molecule has 0 unspecified atom stereocenters. The lowest BCUT2D eigenvalue weighted by Crippen LogP contribution is -2.68. The molecule has 0 fully saturated rings. The number of aromatic nitrogens is 2. The molecule has 0 saturated carbocycles. The van der Waals surface area contributed by atoms with E-state index in [1.54, 1.807) is 0 Å². The zero-order valence-electron chi connectivity index (χ0n) is 11.2. The van der Waals surface area contributed by atoms with Crippen molar-refractivity contribution in [1.29, 1.82) is 0 Å². The Hall–Kier alpha value is -1.15. The average Bonchev–Trinajstić information content (AvgIpc) is 2.56. The Kier molecular flexibility index (Phi) is 5.52. The molecular formula is C12H14Cl2N2O4. The van der Waals surface area contributed by atoms with Crippen LogP contribution in [-0.4, -0.2) is 4.68 Å². The molecule has 2 aromatic rings. The van der Waals surface area contributed by atoms with E-state index in [0.29, 0.717) is 0 Å². The van der Waals surface area contributed by atoms with Gasteiger partial charge in [0.2, 0.25) is 5.69 Å². The van der Waals surface area contributed by atoms with Gasteiger partial charge in [-0.1, -0.05) is 11.6 Å². The fourth-order valence-corrected chi connectivity index (χ4v) is 1.80. The lowest BCUT2D eigenvalue weighted by atomic mass is 10.1. The second kappa shape index (κ2) is 6.53. The molecule has 1 heterocycles. The highest BCUT2D eigenvalue weighted by atomic mass is 35.7. The molecule has 0 aliphatic rings. The van der Waals surface area contributed by atoms with Crippen molar-refractivity contribution in [2.24, 2.45) is 14.1 Å². The molecule has 6 nitrogen and oxygen atoms in total. The zero-order valence-corrected chi connectivity index (χ0v) is 12.7. The predicted molar refractivity (Wildman–Crippen MR) is 61.8 cm³/mol. The molecule has 1 aromatic carbocycles. The van der Waals surface area contributed by atoms with Gasteiger partial charge in [0.15, 0.2) is 7.05 Å². The van der Waals surface area contributed by atoms with Crippen molar-refractivity contribution in [3.63, 3.8) is 0 Å². The normalized spacial score (nSPS) is 11.0. The summed E-state index contributed by atoms with van der Waals surface area (Å²) in [4.78, 5) is 0. The Morgan fingerprint density at radius 3 is 1.90 bits per heavy atom. The van der Waals surface area contributed by atoms with Crippen LogP contribution in [0.25, 0.3) is 11.3 Å². The van der Waals surface area contributed by atoms with Crippen LogP contribution in [0.2, 0.25) is 5.02 Å². The number of nitrogens with zero attached hydrogens (tertiary/aromatic N) is 2. The van der Waals surface area contributed by atoms with E-state index in [0.717, 1.165) is 5.02 Å². The number of benzene rings is 1. The van der Waals surface area contributed by atoms with Crippen molar-refractivity contribution in [2.75, 3.05) is 0 Å². The molecule has 2 rings (SSSR count). The van der Waals surface area contributed by atoms with Gasteiger partial charge in [0.05, 0.1) is 12.7 Å². The molecule has 0 bridgehead atoms. The molecule has 0 atom stereocenters. The molecule has 0 N–H and O–H groups in total. The summed E-state index contributed by atoms with van der Waals surface area (Å²) in [7, 11) is -0.842. The summed E-state index contributed by atoms with van der Waals surface area (Å²) in [5, 5.41) is 0.772. The van der Waals surface area contributed by atoms with E-state index in [9.17, 15) is 0 Å². The number of hydrogen-bond donors (Lipinski definition) is 0. The maximum Gasteiger partial charge on any atom is 0.238 e. The smallest absolute Gasteiger partial charge is 0.222 e. The van der Waals surface area contributed by atoms with Crippen LogP contribution < -0.4 is 23.3 Å². The summed E-state index contributed by atoms with van der Waals surface area (Å²) in [5.41, 5.74) is 3.62. The fraction of sp³-hybridized carbons (Fsp3) is 0.250. The van der Waals surface area contributed by atoms with Crippen LogP contribution in [0.1, 0.15) is 5.69 Å². The fourth-order valence-electron chi connectivity index (χ4n) is 1.67. The van der Waals surface area contributed by atoms with E-state index >= 15 is 0 Å². The molecule has 0 amide bonds. The van der Waals surface area contributed by atoms with Crippen LogP contribution in [-0.2, 0) is 14.1 Å². The molecule has 0 radical (unpaired) electrons. The summed E-state index contributed by atoms with van der Waals surface area (Å²) >= 11 is 5.86. The second-order valence-corrected chi connectivity index (χ2v) is 5.30. The van der Waals surface area contributed by atoms with Gasteiger partial charge in [-0.15, -0.1) is 14.9 Å². The molecule has 8 heteroatoms. The number of hydrogen-bond acceptors (Lipinski definition) is 4. The van der Waals surface area contributed by atoms with E-state index in [-0.39, 0.29) is 0 Å². The topological polar surface area (TPSA) is 101 Å². The molecule has 20 heavy (non-hydrogen) atoms. The predicted octanol–water partition coefficient (Wildman–Crippen LogP) is -2.28. The molecule has 0 aliphatic heterocycles. The summed E-state index contributed by atoms with van der Waals surface area (Å²) in [5.74, 6) is 0. The summed E-state index contributed by atoms with van der Waals surface area (Å²) < 4.78 is 38.2. The Balaban J connectivity index is 0.000000347. The zero-order chi connectivity index (χ0) is 15.5. The Bertz CT molecular complexity index is 570. The SMILES string of the molecule is Cc1cc(-c2ccc(Cl)cc2)[n+](C)n1C.[O-][Cl+3]([O-])([O-])[O-]. The van der Waals surface area contributed by atoms with Gasteiger partial charge in [-0.3, -0.25) is 0 Å². The average molecular weight is 321 g/mol. The van der Waals surface area contributed by atoms with Crippen LogP contribution in [0.5, 0.6) is 0 Å². The number of halogens is 2. The van der Waals surface area contributed by atoms with E-state index < -0.39 is 10.2 Å². The van der Waals surface area contributed by atoms with Gasteiger partial charge in [-0.25, -0.2) is 18.6 Å². The Labute approximate surface area is 123 Å². The van der Waals surface area contributed by atoms with Gasteiger partial charge in [0.25, 0.3) is 0 Å². The molecular weight excluding hydrogens is 307 g/mol. The van der Waals surface area contributed by atoms with Crippen LogP contribution in [0.15, 0.2) is 30.3 Å². The Morgan fingerprint density at radius 1 is 1.10 bits per heavy atom. The van der Waals surface area contributed by atoms with Gasteiger partial charge in [-0.2, -0.15) is 4.68 Å². The van der Waals surface area contributed by atoms with Crippen molar-refractivity contribution in [2.45, 2.75) is 6.92 Å². The molecule has 110 valence electrons. The van der Waals surface area contributed by atoms with Crippen LogP contribution >= 0.6 is 11.6 Å². The quantitative estimate of drug-likeness (QED) is 0.552. The van der Waals surface area contributed by atoms with Gasteiger partial charge < -0.3 is 0 Å². The molecule has 0 saturated heterocycles. The first-order chi connectivity index (χ1) is 9.09. The molecule has 0 spiro atoms. The highest BCUT2D eigenvalue weighted by Gasteiger charge is 2.15.